The van der Waals surface area contributed by atoms with Crippen molar-refractivity contribution < 1.29 is 4.79 Å². The summed E-state index contributed by atoms with van der Waals surface area (Å²) in [5, 5.41) is 0.719. The first-order chi connectivity index (χ1) is 16.0. The lowest BCUT2D eigenvalue weighted by atomic mass is 9.77. The fraction of sp³-hybridized carbons (Fsp3) is 0.577. The number of piperazine rings is 1. The highest BCUT2D eigenvalue weighted by Crippen LogP contribution is 2.43. The molecule has 1 aliphatic carbocycles. The van der Waals surface area contributed by atoms with Crippen molar-refractivity contribution in [3.05, 3.63) is 46.6 Å². The van der Waals surface area contributed by atoms with Gasteiger partial charge in [0.1, 0.15) is 5.82 Å². The first-order valence-electron chi connectivity index (χ1n) is 12.5. The van der Waals surface area contributed by atoms with E-state index in [-0.39, 0.29) is 11.3 Å². The number of benzene rings is 1. The Hall–Kier alpha value is -2.34. The molecule has 0 spiro atoms. The Morgan fingerprint density at radius 2 is 1.52 bits per heavy atom. The normalized spacial score (nSPS) is 20.8. The van der Waals surface area contributed by atoms with Crippen LogP contribution < -0.4 is 9.80 Å². The smallest absolute Gasteiger partial charge is 0.233 e. The van der Waals surface area contributed by atoms with Crippen LogP contribution in [0.2, 0.25) is 5.02 Å². The minimum atomic E-state index is -0.389. The van der Waals surface area contributed by atoms with Gasteiger partial charge in [0, 0.05) is 56.1 Å². The van der Waals surface area contributed by atoms with Gasteiger partial charge in [0.25, 0.3) is 0 Å². The average molecular weight is 468 g/mol. The Morgan fingerprint density at radius 3 is 2.18 bits per heavy atom. The van der Waals surface area contributed by atoms with Crippen LogP contribution in [0.5, 0.6) is 0 Å². The maximum Gasteiger partial charge on any atom is 0.233 e. The van der Waals surface area contributed by atoms with Crippen LogP contribution in [0.25, 0.3) is 0 Å². The van der Waals surface area contributed by atoms with Gasteiger partial charge >= 0.3 is 0 Å². The van der Waals surface area contributed by atoms with Gasteiger partial charge in [-0.05, 0) is 56.7 Å². The maximum atomic E-state index is 13.8. The Labute approximate surface area is 201 Å². The number of rotatable bonds is 4. The number of halogens is 1. The van der Waals surface area contributed by atoms with E-state index in [4.69, 9.17) is 21.6 Å². The van der Waals surface area contributed by atoms with Crippen LogP contribution in [0.3, 0.4) is 0 Å². The van der Waals surface area contributed by atoms with Crippen molar-refractivity contribution in [2.24, 2.45) is 0 Å². The monoisotopic (exact) mass is 467 g/mol. The van der Waals surface area contributed by atoms with Crippen LogP contribution >= 0.6 is 11.6 Å². The molecule has 0 N–H and O–H groups in total. The largest absolute Gasteiger partial charge is 0.353 e. The van der Waals surface area contributed by atoms with Crippen LogP contribution in [0.1, 0.15) is 56.2 Å². The predicted molar refractivity (Wildman–Crippen MR) is 133 cm³/mol. The number of nitrogens with zero attached hydrogens (tertiary/aromatic N) is 5. The molecule has 3 heterocycles. The zero-order valence-electron chi connectivity index (χ0n) is 19.6. The Morgan fingerprint density at radius 1 is 0.848 bits per heavy atom. The van der Waals surface area contributed by atoms with E-state index in [9.17, 15) is 4.79 Å². The Bertz CT molecular complexity index is 975. The molecule has 0 atom stereocenters. The molecule has 0 radical (unpaired) electrons. The fourth-order valence-corrected chi connectivity index (χ4v) is 5.87. The van der Waals surface area contributed by atoms with Crippen molar-refractivity contribution in [2.75, 3.05) is 49.1 Å². The zero-order valence-corrected chi connectivity index (χ0v) is 20.4. The Kier molecular flexibility index (Phi) is 6.46. The highest BCUT2D eigenvalue weighted by atomic mass is 35.5. The number of hydrogen-bond acceptors (Lipinski definition) is 5. The number of carbonyl (C=O) groups is 1. The summed E-state index contributed by atoms with van der Waals surface area (Å²) in [4.78, 5) is 30.2. The second-order valence-corrected chi connectivity index (χ2v) is 10.2. The molecule has 3 fully saturated rings. The summed E-state index contributed by atoms with van der Waals surface area (Å²) in [6.07, 6.45) is 7.78. The minimum Gasteiger partial charge on any atom is -0.353 e. The summed E-state index contributed by atoms with van der Waals surface area (Å²) >= 11 is 6.12. The molecular weight excluding hydrogens is 434 g/mol. The van der Waals surface area contributed by atoms with Gasteiger partial charge in [-0.15, -0.1) is 0 Å². The molecular formula is C26H34ClN5O. The highest BCUT2D eigenvalue weighted by molar-refractivity contribution is 6.30. The molecule has 6 nitrogen and oxygen atoms in total. The van der Waals surface area contributed by atoms with Gasteiger partial charge in [-0.1, -0.05) is 36.6 Å². The van der Waals surface area contributed by atoms with E-state index in [0.717, 1.165) is 93.0 Å². The molecule has 0 bridgehead atoms. The molecule has 7 heteroatoms. The van der Waals surface area contributed by atoms with Gasteiger partial charge < -0.3 is 14.7 Å². The molecule has 2 aliphatic heterocycles. The second-order valence-electron chi connectivity index (χ2n) is 9.79. The number of anilines is 2. The summed E-state index contributed by atoms with van der Waals surface area (Å²) in [7, 11) is 0. The van der Waals surface area contributed by atoms with Gasteiger partial charge in [0.05, 0.1) is 5.41 Å². The summed E-state index contributed by atoms with van der Waals surface area (Å²) in [6, 6.07) is 10.0. The van der Waals surface area contributed by atoms with Gasteiger partial charge in [-0.3, -0.25) is 4.79 Å². The third kappa shape index (κ3) is 4.54. The van der Waals surface area contributed by atoms with E-state index in [1.165, 1.54) is 19.3 Å². The molecule has 1 aromatic carbocycles. The van der Waals surface area contributed by atoms with Crippen molar-refractivity contribution in [2.45, 2.75) is 57.3 Å². The molecule has 2 aromatic rings. The molecule has 176 valence electrons. The highest BCUT2D eigenvalue weighted by Gasteiger charge is 2.45. The van der Waals surface area contributed by atoms with Crippen LogP contribution in [0.4, 0.5) is 11.8 Å². The molecule has 3 aliphatic rings. The third-order valence-electron chi connectivity index (χ3n) is 7.62. The lowest BCUT2D eigenvalue weighted by Gasteiger charge is -2.40. The second kappa shape index (κ2) is 9.49. The van der Waals surface area contributed by atoms with Crippen LogP contribution in [0.15, 0.2) is 30.3 Å². The summed E-state index contributed by atoms with van der Waals surface area (Å²) in [6.45, 7) is 7.20. The molecule has 2 saturated heterocycles. The van der Waals surface area contributed by atoms with E-state index >= 15 is 0 Å². The molecule has 1 saturated carbocycles. The molecule has 0 unspecified atom stereocenters. The van der Waals surface area contributed by atoms with Crippen molar-refractivity contribution in [3.63, 3.8) is 0 Å². The number of aryl methyl sites for hydroxylation is 1. The maximum absolute atomic E-state index is 13.8. The summed E-state index contributed by atoms with van der Waals surface area (Å²) < 4.78 is 0. The molecule has 1 aromatic heterocycles. The van der Waals surface area contributed by atoms with Gasteiger partial charge in [-0.25, -0.2) is 4.98 Å². The van der Waals surface area contributed by atoms with Crippen molar-refractivity contribution in [3.8, 4) is 0 Å². The lowest BCUT2D eigenvalue weighted by molar-refractivity contribution is -0.137. The van der Waals surface area contributed by atoms with E-state index < -0.39 is 0 Å². The van der Waals surface area contributed by atoms with E-state index in [2.05, 4.69) is 20.8 Å². The molecule has 33 heavy (non-hydrogen) atoms. The van der Waals surface area contributed by atoms with Crippen molar-refractivity contribution in [1.29, 1.82) is 0 Å². The predicted octanol–water partition coefficient (Wildman–Crippen LogP) is 4.59. The summed E-state index contributed by atoms with van der Waals surface area (Å²) in [5.74, 6) is 2.13. The molecule has 5 rings (SSSR count). The lowest BCUT2D eigenvalue weighted by Crippen LogP contribution is -2.54. The van der Waals surface area contributed by atoms with E-state index in [0.29, 0.717) is 0 Å². The van der Waals surface area contributed by atoms with E-state index in [1.54, 1.807) is 0 Å². The zero-order chi connectivity index (χ0) is 22.8. The van der Waals surface area contributed by atoms with Crippen LogP contribution in [-0.2, 0) is 10.2 Å². The first-order valence-corrected chi connectivity index (χ1v) is 12.8. The third-order valence-corrected chi connectivity index (χ3v) is 7.87. The summed E-state index contributed by atoms with van der Waals surface area (Å²) in [5.41, 5.74) is 1.74. The van der Waals surface area contributed by atoms with Gasteiger partial charge in [0.2, 0.25) is 11.9 Å². The number of carbonyl (C=O) groups excluding carboxylic acids is 1. The molecule has 1 amide bonds. The van der Waals surface area contributed by atoms with Crippen LogP contribution in [0, 0.1) is 6.92 Å². The van der Waals surface area contributed by atoms with E-state index in [1.807, 2.05) is 31.2 Å². The van der Waals surface area contributed by atoms with Crippen molar-refractivity contribution >= 4 is 29.3 Å². The SMILES string of the molecule is Cc1cc(N2CCN(C(=O)C3(c4ccc(Cl)cc4)CCCC3)CC2)nc(N2CCCCC2)n1. The number of piperidine rings is 1. The van der Waals surface area contributed by atoms with Gasteiger partial charge in [-0.2, -0.15) is 4.98 Å². The van der Waals surface area contributed by atoms with Crippen molar-refractivity contribution in [1.82, 2.24) is 14.9 Å². The Balaban J connectivity index is 1.29. The minimum absolute atomic E-state index is 0.287. The number of amides is 1. The van der Waals surface area contributed by atoms with Crippen LogP contribution in [-0.4, -0.2) is 60.0 Å². The topological polar surface area (TPSA) is 52.6 Å². The number of aromatic nitrogens is 2. The first kappa shape index (κ1) is 22.5. The quantitative estimate of drug-likeness (QED) is 0.658. The average Bonchev–Trinajstić information content (AvgIpc) is 3.35. The standard InChI is InChI=1S/C26H34ClN5O/c1-20-19-23(29-25(28-20)32-13-5-2-6-14-32)30-15-17-31(18-16-30)24(33)26(11-3-4-12-26)21-7-9-22(27)10-8-21/h7-10,19H,2-6,11-18H2,1H3. The number of hydrogen-bond donors (Lipinski definition) is 0. The fourth-order valence-electron chi connectivity index (χ4n) is 5.75. The van der Waals surface area contributed by atoms with Gasteiger partial charge in [0.15, 0.2) is 0 Å².